The van der Waals surface area contributed by atoms with Crippen LogP contribution in [-0.2, 0) is 9.59 Å². The Hall–Kier alpha value is -3.02. The van der Waals surface area contributed by atoms with Gasteiger partial charge in [0.25, 0.3) is 0 Å². The van der Waals surface area contributed by atoms with Gasteiger partial charge in [-0.05, 0) is 61.1 Å². The van der Waals surface area contributed by atoms with E-state index in [4.69, 9.17) is 0 Å². The van der Waals surface area contributed by atoms with E-state index >= 15 is 0 Å². The molecule has 6 heteroatoms. The molecule has 0 bridgehead atoms. The molecule has 6 nitrogen and oxygen atoms in total. The van der Waals surface area contributed by atoms with E-state index in [1.54, 1.807) is 0 Å². The molecular weight excluding hydrogens is 380 g/mol. The summed E-state index contributed by atoms with van der Waals surface area (Å²) in [6, 6.07) is 15.6. The van der Waals surface area contributed by atoms with Crippen LogP contribution in [0.1, 0.15) is 51.4 Å². The van der Waals surface area contributed by atoms with Crippen molar-refractivity contribution in [1.82, 2.24) is 0 Å². The van der Waals surface area contributed by atoms with Crippen molar-refractivity contribution >= 4 is 23.3 Å². The summed E-state index contributed by atoms with van der Waals surface area (Å²) in [6.45, 7) is 0. The second-order valence-electron chi connectivity index (χ2n) is 8.59. The summed E-state index contributed by atoms with van der Waals surface area (Å²) in [4.78, 5) is 23.5. The molecule has 30 heavy (non-hydrogen) atoms. The van der Waals surface area contributed by atoms with E-state index < -0.39 is 23.0 Å². The van der Waals surface area contributed by atoms with Crippen molar-refractivity contribution in [2.24, 2.45) is 0 Å². The fourth-order valence-electron chi connectivity index (χ4n) is 4.79. The van der Waals surface area contributed by atoms with Gasteiger partial charge >= 0.3 is 11.9 Å². The molecule has 0 unspecified atom stereocenters. The third-order valence-corrected chi connectivity index (χ3v) is 6.60. The smallest absolute Gasteiger partial charge is 0.329 e. The largest absolute Gasteiger partial charge is 0.480 e. The Morgan fingerprint density at radius 1 is 0.600 bits per heavy atom. The van der Waals surface area contributed by atoms with Gasteiger partial charge in [0, 0.05) is 11.4 Å². The molecule has 2 saturated carbocycles. The third kappa shape index (κ3) is 3.86. The molecule has 0 atom stereocenters. The summed E-state index contributed by atoms with van der Waals surface area (Å²) >= 11 is 0. The maximum Gasteiger partial charge on any atom is 0.329 e. The fourth-order valence-corrected chi connectivity index (χ4v) is 4.79. The lowest BCUT2D eigenvalue weighted by Gasteiger charge is -2.27. The molecule has 4 N–H and O–H groups in total. The lowest BCUT2D eigenvalue weighted by atomic mass is 9.96. The van der Waals surface area contributed by atoms with Crippen LogP contribution >= 0.6 is 0 Å². The number of aliphatic carboxylic acids is 2. The molecule has 2 fully saturated rings. The van der Waals surface area contributed by atoms with E-state index in [2.05, 4.69) is 10.6 Å². The number of carbonyl (C=O) groups is 2. The molecule has 2 aromatic rings. The van der Waals surface area contributed by atoms with Crippen LogP contribution in [0.4, 0.5) is 11.4 Å². The zero-order valence-corrected chi connectivity index (χ0v) is 17.0. The highest BCUT2D eigenvalue weighted by atomic mass is 16.4. The molecule has 0 amide bonds. The van der Waals surface area contributed by atoms with Crippen molar-refractivity contribution in [2.45, 2.75) is 62.4 Å². The van der Waals surface area contributed by atoms with Crippen LogP contribution in [0.15, 0.2) is 48.5 Å². The van der Waals surface area contributed by atoms with Crippen LogP contribution in [0.25, 0.3) is 11.1 Å². The molecule has 0 aromatic heterocycles. The average molecular weight is 408 g/mol. The SMILES string of the molecule is O=C(O)C1(Nc2ccc(-c3ccc(NC4(C(=O)O)CCCC4)cc3)cc2)CCCC1. The van der Waals surface area contributed by atoms with Gasteiger partial charge in [-0.15, -0.1) is 0 Å². The van der Waals surface area contributed by atoms with Crippen molar-refractivity contribution in [3.05, 3.63) is 48.5 Å². The molecule has 4 rings (SSSR count). The maximum absolute atomic E-state index is 11.7. The molecule has 0 spiro atoms. The lowest BCUT2D eigenvalue weighted by Crippen LogP contribution is -2.43. The average Bonchev–Trinajstić information content (AvgIpc) is 3.41. The minimum Gasteiger partial charge on any atom is -0.480 e. The number of hydrogen-bond acceptors (Lipinski definition) is 4. The summed E-state index contributed by atoms with van der Waals surface area (Å²) in [5, 5.41) is 25.7. The number of rotatable bonds is 7. The summed E-state index contributed by atoms with van der Waals surface area (Å²) in [5.74, 6) is -1.57. The van der Waals surface area contributed by atoms with Crippen LogP contribution in [0, 0.1) is 0 Å². The van der Waals surface area contributed by atoms with Gasteiger partial charge in [-0.3, -0.25) is 0 Å². The zero-order valence-electron chi connectivity index (χ0n) is 17.0. The van der Waals surface area contributed by atoms with Crippen molar-refractivity contribution in [1.29, 1.82) is 0 Å². The van der Waals surface area contributed by atoms with Gasteiger partial charge in [0.15, 0.2) is 0 Å². The first kappa shape index (κ1) is 20.3. The highest BCUT2D eigenvalue weighted by Crippen LogP contribution is 2.35. The summed E-state index contributed by atoms with van der Waals surface area (Å²) in [5.41, 5.74) is 1.97. The van der Waals surface area contributed by atoms with E-state index in [1.807, 2.05) is 48.5 Å². The Bertz CT molecular complexity index is 832. The Balaban J connectivity index is 1.46. The minimum atomic E-state index is -0.852. The summed E-state index contributed by atoms with van der Waals surface area (Å²) in [7, 11) is 0. The van der Waals surface area contributed by atoms with Crippen LogP contribution in [0.2, 0.25) is 0 Å². The minimum absolute atomic E-state index is 0.649. The molecule has 0 radical (unpaired) electrons. The second kappa shape index (κ2) is 8.01. The summed E-state index contributed by atoms with van der Waals surface area (Å²) in [6.07, 6.45) is 6.32. The Labute approximate surface area is 176 Å². The molecular formula is C24H28N2O4. The standard InChI is InChI=1S/C24H28N2O4/c27-21(28)23(13-1-2-14-23)25-19-9-5-17(6-10-19)18-7-11-20(12-8-18)26-24(22(29)30)15-3-4-16-24/h5-12,25-26H,1-4,13-16H2,(H,27,28)(H,29,30). The number of carboxylic acid groups (broad SMARTS) is 2. The van der Waals surface area contributed by atoms with E-state index in [1.165, 1.54) is 0 Å². The van der Waals surface area contributed by atoms with Crippen molar-refractivity contribution in [3.8, 4) is 11.1 Å². The molecule has 2 aromatic carbocycles. The molecule has 158 valence electrons. The normalized spacial score (nSPS) is 19.3. The first-order valence-corrected chi connectivity index (χ1v) is 10.7. The quantitative estimate of drug-likeness (QED) is 0.516. The zero-order chi connectivity index (χ0) is 21.2. The van der Waals surface area contributed by atoms with Gasteiger partial charge in [0.05, 0.1) is 0 Å². The first-order valence-electron chi connectivity index (χ1n) is 10.7. The molecule has 0 aliphatic heterocycles. The first-order chi connectivity index (χ1) is 14.4. The maximum atomic E-state index is 11.7. The molecule has 2 aliphatic rings. The highest BCUT2D eigenvalue weighted by molar-refractivity contribution is 5.84. The van der Waals surface area contributed by atoms with Gasteiger partial charge in [-0.2, -0.15) is 0 Å². The molecule has 2 aliphatic carbocycles. The predicted molar refractivity (Wildman–Crippen MR) is 117 cm³/mol. The monoisotopic (exact) mass is 408 g/mol. The van der Waals surface area contributed by atoms with Gasteiger partial charge in [0.1, 0.15) is 11.1 Å². The van der Waals surface area contributed by atoms with Gasteiger partial charge in [-0.25, -0.2) is 9.59 Å². The van der Waals surface area contributed by atoms with Crippen molar-refractivity contribution in [2.75, 3.05) is 10.6 Å². The number of nitrogens with one attached hydrogen (secondary N) is 2. The van der Waals surface area contributed by atoms with Gasteiger partial charge in [-0.1, -0.05) is 49.9 Å². The van der Waals surface area contributed by atoms with E-state index in [9.17, 15) is 19.8 Å². The lowest BCUT2D eigenvalue weighted by molar-refractivity contribution is -0.143. The molecule has 0 saturated heterocycles. The van der Waals surface area contributed by atoms with Crippen LogP contribution < -0.4 is 10.6 Å². The van der Waals surface area contributed by atoms with Crippen molar-refractivity contribution < 1.29 is 19.8 Å². The highest BCUT2D eigenvalue weighted by Gasteiger charge is 2.42. The number of hydrogen-bond donors (Lipinski definition) is 4. The van der Waals surface area contributed by atoms with Crippen LogP contribution in [0.5, 0.6) is 0 Å². The van der Waals surface area contributed by atoms with E-state index in [0.29, 0.717) is 25.7 Å². The van der Waals surface area contributed by atoms with Crippen molar-refractivity contribution in [3.63, 3.8) is 0 Å². The Morgan fingerprint density at radius 3 is 1.17 bits per heavy atom. The Morgan fingerprint density at radius 2 is 0.900 bits per heavy atom. The van der Waals surface area contributed by atoms with E-state index in [-0.39, 0.29) is 0 Å². The van der Waals surface area contributed by atoms with E-state index in [0.717, 1.165) is 48.2 Å². The van der Waals surface area contributed by atoms with Gasteiger partial charge in [0.2, 0.25) is 0 Å². The topological polar surface area (TPSA) is 98.7 Å². The number of anilines is 2. The van der Waals surface area contributed by atoms with Gasteiger partial charge < -0.3 is 20.8 Å². The fraction of sp³-hybridized carbons (Fsp3) is 0.417. The second-order valence-corrected chi connectivity index (χ2v) is 8.59. The predicted octanol–water partition coefficient (Wildman–Crippen LogP) is 4.97. The molecule has 0 heterocycles. The van der Waals surface area contributed by atoms with Crippen LogP contribution in [-0.4, -0.2) is 33.2 Å². The summed E-state index contributed by atoms with van der Waals surface area (Å²) < 4.78 is 0. The third-order valence-electron chi connectivity index (χ3n) is 6.60. The number of carboxylic acids is 2. The van der Waals surface area contributed by atoms with Crippen LogP contribution in [0.3, 0.4) is 0 Å². The Kier molecular flexibility index (Phi) is 5.41. The number of benzene rings is 2.